The lowest BCUT2D eigenvalue weighted by molar-refractivity contribution is -0.146. The molecule has 24 heavy (non-hydrogen) atoms. The van der Waals surface area contributed by atoms with Gasteiger partial charge in [0, 0.05) is 37.3 Å². The van der Waals surface area contributed by atoms with Gasteiger partial charge in [-0.25, -0.2) is 0 Å². The molecule has 6 nitrogen and oxygen atoms in total. The first-order chi connectivity index (χ1) is 11.6. The van der Waals surface area contributed by atoms with E-state index in [1.807, 2.05) is 24.3 Å². The van der Waals surface area contributed by atoms with E-state index in [9.17, 15) is 14.7 Å². The summed E-state index contributed by atoms with van der Waals surface area (Å²) in [7, 11) is 1.58. The van der Waals surface area contributed by atoms with Crippen LogP contribution in [0.25, 0.3) is 0 Å². The Morgan fingerprint density at radius 1 is 1.33 bits per heavy atom. The topological polar surface area (TPSA) is 76.1 Å². The van der Waals surface area contributed by atoms with Crippen LogP contribution in [0.1, 0.15) is 18.4 Å². The number of methoxy groups -OCH3 is 1. The van der Waals surface area contributed by atoms with Crippen LogP contribution in [0.2, 0.25) is 0 Å². The molecule has 2 aliphatic heterocycles. The van der Waals surface area contributed by atoms with Gasteiger partial charge in [-0.1, -0.05) is 18.2 Å². The quantitative estimate of drug-likeness (QED) is 0.905. The summed E-state index contributed by atoms with van der Waals surface area (Å²) in [6, 6.07) is 7.42. The van der Waals surface area contributed by atoms with Crippen LogP contribution in [0, 0.1) is 11.3 Å². The molecule has 1 aromatic carbocycles. The van der Waals surface area contributed by atoms with Crippen molar-refractivity contribution in [2.45, 2.75) is 19.3 Å². The van der Waals surface area contributed by atoms with Crippen LogP contribution < -0.4 is 4.74 Å². The molecule has 0 bridgehead atoms. The van der Waals surface area contributed by atoms with Gasteiger partial charge < -0.3 is 19.5 Å². The van der Waals surface area contributed by atoms with E-state index in [1.54, 1.807) is 12.0 Å². The van der Waals surface area contributed by atoms with Crippen molar-refractivity contribution in [2.24, 2.45) is 11.3 Å². The molecule has 2 aliphatic rings. The number of nitrogens with zero attached hydrogens (tertiary/aromatic N) is 1. The Bertz CT molecular complexity index is 624. The molecule has 0 radical (unpaired) electrons. The maximum absolute atomic E-state index is 12.7. The highest BCUT2D eigenvalue weighted by atomic mass is 16.5. The average Bonchev–Trinajstić information content (AvgIpc) is 2.95. The fourth-order valence-corrected chi connectivity index (χ4v) is 3.91. The van der Waals surface area contributed by atoms with Gasteiger partial charge in [-0.3, -0.25) is 9.59 Å². The largest absolute Gasteiger partial charge is 0.496 e. The van der Waals surface area contributed by atoms with Crippen LogP contribution >= 0.6 is 0 Å². The summed E-state index contributed by atoms with van der Waals surface area (Å²) in [6.07, 6.45) is 1.62. The molecule has 2 heterocycles. The highest BCUT2D eigenvalue weighted by Gasteiger charge is 2.51. The fraction of sp³-hybridized carbons (Fsp3) is 0.556. The lowest BCUT2D eigenvalue weighted by Crippen LogP contribution is -2.40. The van der Waals surface area contributed by atoms with Gasteiger partial charge in [-0.05, 0) is 18.9 Å². The van der Waals surface area contributed by atoms with E-state index in [0.29, 0.717) is 38.3 Å². The zero-order valence-electron chi connectivity index (χ0n) is 13.9. The third-order valence-corrected chi connectivity index (χ3v) is 5.32. The van der Waals surface area contributed by atoms with Crippen LogP contribution in [0.5, 0.6) is 5.75 Å². The van der Waals surface area contributed by atoms with Crippen LogP contribution in [-0.4, -0.2) is 55.3 Å². The van der Waals surface area contributed by atoms with E-state index in [2.05, 4.69) is 0 Å². The zero-order chi connectivity index (χ0) is 17.2. The minimum absolute atomic E-state index is 0.0471. The maximum Gasteiger partial charge on any atom is 0.308 e. The normalized spacial score (nSPS) is 22.5. The molecule has 1 unspecified atom stereocenters. The summed E-state index contributed by atoms with van der Waals surface area (Å²) in [6.45, 7) is 1.92. The number of amides is 1. The summed E-state index contributed by atoms with van der Waals surface area (Å²) in [5, 5.41) is 9.60. The molecule has 6 heteroatoms. The Kier molecular flexibility index (Phi) is 4.76. The summed E-state index contributed by atoms with van der Waals surface area (Å²) >= 11 is 0. The Morgan fingerprint density at radius 3 is 2.71 bits per heavy atom. The predicted molar refractivity (Wildman–Crippen MR) is 86.9 cm³/mol. The molecule has 1 spiro atoms. The van der Waals surface area contributed by atoms with E-state index in [4.69, 9.17) is 9.47 Å². The van der Waals surface area contributed by atoms with E-state index >= 15 is 0 Å². The standard InChI is InChI=1S/C18H23NO5/c1-23-15-5-3-2-4-13(15)10-16(20)19-11-14(17(21)22)18(12-19)6-8-24-9-7-18/h2-5,14H,6-12H2,1H3,(H,21,22). The van der Waals surface area contributed by atoms with Crippen LogP contribution in [0.3, 0.4) is 0 Å². The smallest absolute Gasteiger partial charge is 0.308 e. The first kappa shape index (κ1) is 16.8. The second kappa shape index (κ2) is 6.81. The highest BCUT2D eigenvalue weighted by Crippen LogP contribution is 2.44. The number of hydrogen-bond acceptors (Lipinski definition) is 4. The highest BCUT2D eigenvalue weighted by molar-refractivity contribution is 5.82. The molecular weight excluding hydrogens is 310 g/mol. The SMILES string of the molecule is COc1ccccc1CC(=O)N1CC(C(=O)O)C2(CCOCC2)C1. The number of ether oxygens (including phenoxy) is 2. The summed E-state index contributed by atoms with van der Waals surface area (Å²) in [5.74, 6) is -0.692. The Morgan fingerprint density at radius 2 is 2.04 bits per heavy atom. The van der Waals surface area contributed by atoms with E-state index < -0.39 is 11.9 Å². The predicted octanol–water partition coefficient (Wildman–Crippen LogP) is 1.58. The summed E-state index contributed by atoms with van der Waals surface area (Å²) in [5.41, 5.74) is 0.477. The molecule has 1 N–H and O–H groups in total. The molecule has 1 aromatic rings. The van der Waals surface area contributed by atoms with Gasteiger partial charge in [0.15, 0.2) is 0 Å². The third kappa shape index (κ3) is 3.11. The number of carbonyl (C=O) groups excluding carboxylic acids is 1. The van der Waals surface area contributed by atoms with Gasteiger partial charge in [-0.2, -0.15) is 0 Å². The summed E-state index contributed by atoms with van der Waals surface area (Å²) in [4.78, 5) is 26.1. The first-order valence-electron chi connectivity index (χ1n) is 8.26. The number of carboxylic acids is 1. The molecule has 2 fully saturated rings. The van der Waals surface area contributed by atoms with Crippen LogP contribution in [-0.2, 0) is 20.7 Å². The Labute approximate surface area is 141 Å². The van der Waals surface area contributed by atoms with Gasteiger partial charge in [0.2, 0.25) is 5.91 Å². The number of benzene rings is 1. The maximum atomic E-state index is 12.7. The number of likely N-dealkylation sites (tertiary alicyclic amines) is 1. The lowest BCUT2D eigenvalue weighted by atomic mass is 9.72. The molecule has 0 saturated carbocycles. The van der Waals surface area contributed by atoms with Crippen molar-refractivity contribution in [2.75, 3.05) is 33.4 Å². The first-order valence-corrected chi connectivity index (χ1v) is 8.26. The minimum atomic E-state index is -0.815. The van der Waals surface area contributed by atoms with Crippen molar-refractivity contribution in [3.05, 3.63) is 29.8 Å². The lowest BCUT2D eigenvalue weighted by Gasteiger charge is -2.36. The van der Waals surface area contributed by atoms with Crippen molar-refractivity contribution in [1.82, 2.24) is 4.90 Å². The van der Waals surface area contributed by atoms with Gasteiger partial charge >= 0.3 is 5.97 Å². The van der Waals surface area contributed by atoms with Crippen molar-refractivity contribution >= 4 is 11.9 Å². The second-order valence-electron chi connectivity index (χ2n) is 6.63. The van der Waals surface area contributed by atoms with Gasteiger partial charge in [0.05, 0.1) is 19.4 Å². The molecule has 3 rings (SSSR count). The minimum Gasteiger partial charge on any atom is -0.496 e. The Hall–Kier alpha value is -2.08. The molecular formula is C18H23NO5. The van der Waals surface area contributed by atoms with E-state index in [-0.39, 0.29) is 24.3 Å². The van der Waals surface area contributed by atoms with Crippen molar-refractivity contribution in [3.8, 4) is 5.75 Å². The van der Waals surface area contributed by atoms with E-state index in [0.717, 1.165) is 5.56 Å². The molecule has 0 aliphatic carbocycles. The fourth-order valence-electron chi connectivity index (χ4n) is 3.91. The molecule has 2 saturated heterocycles. The number of para-hydroxylation sites is 1. The number of carbonyl (C=O) groups is 2. The van der Waals surface area contributed by atoms with Crippen LogP contribution in [0.15, 0.2) is 24.3 Å². The average molecular weight is 333 g/mol. The third-order valence-electron chi connectivity index (χ3n) is 5.32. The number of rotatable bonds is 4. The van der Waals surface area contributed by atoms with Crippen molar-refractivity contribution < 1.29 is 24.2 Å². The van der Waals surface area contributed by atoms with Gasteiger partial charge in [0.25, 0.3) is 0 Å². The summed E-state index contributed by atoms with van der Waals surface area (Å²) < 4.78 is 10.7. The van der Waals surface area contributed by atoms with Crippen molar-refractivity contribution in [3.63, 3.8) is 0 Å². The Balaban J connectivity index is 1.75. The monoisotopic (exact) mass is 333 g/mol. The molecule has 1 atom stereocenters. The molecule has 130 valence electrons. The van der Waals surface area contributed by atoms with Gasteiger partial charge in [0.1, 0.15) is 5.75 Å². The number of carboxylic acid groups (broad SMARTS) is 1. The van der Waals surface area contributed by atoms with E-state index in [1.165, 1.54) is 0 Å². The zero-order valence-corrected chi connectivity index (χ0v) is 13.9. The molecule has 1 amide bonds. The number of hydrogen-bond donors (Lipinski definition) is 1. The molecule has 0 aromatic heterocycles. The number of aliphatic carboxylic acids is 1. The van der Waals surface area contributed by atoms with Gasteiger partial charge in [-0.15, -0.1) is 0 Å². The van der Waals surface area contributed by atoms with Crippen molar-refractivity contribution in [1.29, 1.82) is 0 Å². The second-order valence-corrected chi connectivity index (χ2v) is 6.63. The van der Waals surface area contributed by atoms with Crippen LogP contribution in [0.4, 0.5) is 0 Å².